The predicted octanol–water partition coefficient (Wildman–Crippen LogP) is 3.96. The fourth-order valence-corrected chi connectivity index (χ4v) is 2.64. The first kappa shape index (κ1) is 11.1. The SMILES string of the molecule is Cc1nc(C2CC2c2ccc(Cl)cc2Cl)no1. The zero-order chi connectivity index (χ0) is 12.0. The Morgan fingerprint density at radius 3 is 2.76 bits per heavy atom. The summed E-state index contributed by atoms with van der Waals surface area (Å²) in [6, 6.07) is 5.61. The van der Waals surface area contributed by atoms with E-state index < -0.39 is 0 Å². The molecule has 1 aromatic heterocycles. The Morgan fingerprint density at radius 1 is 1.29 bits per heavy atom. The second-order valence-corrected chi connectivity index (χ2v) is 5.13. The fraction of sp³-hybridized carbons (Fsp3) is 0.333. The van der Waals surface area contributed by atoms with Gasteiger partial charge in [-0.1, -0.05) is 34.4 Å². The molecule has 2 atom stereocenters. The van der Waals surface area contributed by atoms with E-state index in [0.29, 0.717) is 27.8 Å². The van der Waals surface area contributed by atoms with Crippen molar-refractivity contribution in [3.8, 4) is 0 Å². The zero-order valence-corrected chi connectivity index (χ0v) is 10.7. The maximum Gasteiger partial charge on any atom is 0.223 e. The van der Waals surface area contributed by atoms with Crippen molar-refractivity contribution in [1.82, 2.24) is 10.1 Å². The molecule has 0 aliphatic heterocycles. The molecular formula is C12H10Cl2N2O. The van der Waals surface area contributed by atoms with E-state index in [1.54, 1.807) is 13.0 Å². The molecule has 0 saturated heterocycles. The van der Waals surface area contributed by atoms with E-state index in [4.69, 9.17) is 27.7 Å². The Balaban J connectivity index is 1.84. The van der Waals surface area contributed by atoms with Crippen LogP contribution in [0.15, 0.2) is 22.7 Å². The van der Waals surface area contributed by atoms with E-state index in [2.05, 4.69) is 10.1 Å². The fourth-order valence-electron chi connectivity index (χ4n) is 2.09. The first-order valence-corrected chi connectivity index (χ1v) is 6.16. The highest BCUT2D eigenvalue weighted by molar-refractivity contribution is 6.35. The van der Waals surface area contributed by atoms with E-state index in [1.807, 2.05) is 12.1 Å². The van der Waals surface area contributed by atoms with Crippen LogP contribution < -0.4 is 0 Å². The third kappa shape index (κ3) is 2.05. The second kappa shape index (κ2) is 4.00. The van der Waals surface area contributed by atoms with Crippen molar-refractivity contribution < 1.29 is 4.52 Å². The molecule has 3 rings (SSSR count). The standard InChI is InChI=1S/C12H10Cl2N2O/c1-6-15-12(16-17-6)10-5-9(10)8-3-2-7(13)4-11(8)14/h2-4,9-10H,5H2,1H3. The van der Waals surface area contributed by atoms with Gasteiger partial charge < -0.3 is 4.52 Å². The van der Waals surface area contributed by atoms with Crippen LogP contribution in [0.1, 0.15) is 35.5 Å². The molecule has 2 aromatic rings. The molecule has 1 aliphatic rings. The molecule has 5 heteroatoms. The zero-order valence-electron chi connectivity index (χ0n) is 9.15. The minimum Gasteiger partial charge on any atom is -0.340 e. The van der Waals surface area contributed by atoms with Crippen molar-refractivity contribution in [3.05, 3.63) is 45.5 Å². The summed E-state index contributed by atoms with van der Waals surface area (Å²) >= 11 is 12.0. The maximum atomic E-state index is 6.17. The van der Waals surface area contributed by atoms with Gasteiger partial charge in [-0.25, -0.2) is 0 Å². The van der Waals surface area contributed by atoms with Gasteiger partial charge in [-0.15, -0.1) is 0 Å². The number of hydrogen-bond acceptors (Lipinski definition) is 3. The van der Waals surface area contributed by atoms with Gasteiger partial charge in [0, 0.05) is 22.9 Å². The average Bonchev–Trinajstić information content (AvgIpc) is 2.94. The third-order valence-electron chi connectivity index (χ3n) is 3.03. The van der Waals surface area contributed by atoms with Crippen LogP contribution in [-0.2, 0) is 0 Å². The number of aromatic nitrogens is 2. The molecular weight excluding hydrogens is 259 g/mol. The number of halogens is 2. The Labute approximate surface area is 109 Å². The van der Waals surface area contributed by atoms with Crippen molar-refractivity contribution in [2.24, 2.45) is 0 Å². The lowest BCUT2D eigenvalue weighted by molar-refractivity contribution is 0.387. The van der Waals surface area contributed by atoms with Gasteiger partial charge in [-0.2, -0.15) is 4.98 Å². The first-order chi connectivity index (χ1) is 8.15. The predicted molar refractivity (Wildman–Crippen MR) is 65.6 cm³/mol. The Kier molecular flexibility index (Phi) is 2.60. The highest BCUT2D eigenvalue weighted by Crippen LogP contribution is 2.55. The summed E-state index contributed by atoms with van der Waals surface area (Å²) in [6.07, 6.45) is 1.01. The molecule has 0 N–H and O–H groups in total. The molecule has 1 aliphatic carbocycles. The molecule has 1 fully saturated rings. The average molecular weight is 269 g/mol. The summed E-state index contributed by atoms with van der Waals surface area (Å²) in [4.78, 5) is 4.25. The molecule has 17 heavy (non-hydrogen) atoms. The van der Waals surface area contributed by atoms with Gasteiger partial charge >= 0.3 is 0 Å². The second-order valence-electron chi connectivity index (χ2n) is 4.29. The lowest BCUT2D eigenvalue weighted by Crippen LogP contribution is -1.88. The molecule has 1 saturated carbocycles. The van der Waals surface area contributed by atoms with E-state index in [9.17, 15) is 0 Å². The lowest BCUT2D eigenvalue weighted by Gasteiger charge is -2.02. The molecule has 0 radical (unpaired) electrons. The van der Waals surface area contributed by atoms with Gasteiger partial charge in [0.2, 0.25) is 5.89 Å². The number of rotatable bonds is 2. The van der Waals surface area contributed by atoms with Gasteiger partial charge in [0.15, 0.2) is 5.82 Å². The van der Waals surface area contributed by atoms with Gasteiger partial charge in [-0.3, -0.25) is 0 Å². The number of nitrogens with zero attached hydrogens (tertiary/aromatic N) is 2. The molecule has 1 heterocycles. The van der Waals surface area contributed by atoms with E-state index >= 15 is 0 Å². The van der Waals surface area contributed by atoms with Crippen LogP contribution in [0, 0.1) is 6.92 Å². The molecule has 1 aromatic carbocycles. The normalized spacial score (nSPS) is 22.8. The minimum atomic E-state index is 0.325. The Hall–Kier alpha value is -1.06. The first-order valence-electron chi connectivity index (χ1n) is 5.40. The van der Waals surface area contributed by atoms with Crippen LogP contribution in [0.5, 0.6) is 0 Å². The van der Waals surface area contributed by atoms with Crippen LogP contribution in [0.4, 0.5) is 0 Å². The monoisotopic (exact) mass is 268 g/mol. The molecule has 2 unspecified atom stereocenters. The topological polar surface area (TPSA) is 38.9 Å². The summed E-state index contributed by atoms with van der Waals surface area (Å²) in [7, 11) is 0. The van der Waals surface area contributed by atoms with E-state index in [1.165, 1.54) is 0 Å². The van der Waals surface area contributed by atoms with Crippen LogP contribution in [-0.4, -0.2) is 10.1 Å². The number of hydrogen-bond donors (Lipinski definition) is 0. The van der Waals surface area contributed by atoms with Gasteiger partial charge in [0.1, 0.15) is 0 Å². The van der Waals surface area contributed by atoms with Crippen molar-refractivity contribution in [3.63, 3.8) is 0 Å². The van der Waals surface area contributed by atoms with Crippen LogP contribution in [0.25, 0.3) is 0 Å². The highest BCUT2D eigenvalue weighted by atomic mass is 35.5. The Morgan fingerprint density at radius 2 is 2.12 bits per heavy atom. The van der Waals surface area contributed by atoms with Crippen LogP contribution in [0.2, 0.25) is 10.0 Å². The third-order valence-corrected chi connectivity index (χ3v) is 3.59. The van der Waals surface area contributed by atoms with E-state index in [0.717, 1.165) is 17.8 Å². The quantitative estimate of drug-likeness (QED) is 0.828. The summed E-state index contributed by atoms with van der Waals surface area (Å²) < 4.78 is 4.98. The van der Waals surface area contributed by atoms with Crippen LogP contribution >= 0.6 is 23.2 Å². The van der Waals surface area contributed by atoms with Crippen LogP contribution in [0.3, 0.4) is 0 Å². The van der Waals surface area contributed by atoms with Crippen molar-refractivity contribution in [1.29, 1.82) is 0 Å². The maximum absolute atomic E-state index is 6.17. The smallest absolute Gasteiger partial charge is 0.223 e. The number of aryl methyl sites for hydroxylation is 1. The Bertz CT molecular complexity index is 567. The molecule has 0 bridgehead atoms. The largest absolute Gasteiger partial charge is 0.340 e. The summed E-state index contributed by atoms with van der Waals surface area (Å²) in [5.74, 6) is 2.09. The van der Waals surface area contributed by atoms with Gasteiger partial charge in [0.25, 0.3) is 0 Å². The van der Waals surface area contributed by atoms with Gasteiger partial charge in [-0.05, 0) is 30.0 Å². The number of benzene rings is 1. The molecule has 0 amide bonds. The molecule has 3 nitrogen and oxygen atoms in total. The summed E-state index contributed by atoms with van der Waals surface area (Å²) in [5.41, 5.74) is 1.11. The van der Waals surface area contributed by atoms with Gasteiger partial charge in [0.05, 0.1) is 0 Å². The molecule has 88 valence electrons. The summed E-state index contributed by atoms with van der Waals surface area (Å²) in [5, 5.41) is 5.32. The van der Waals surface area contributed by atoms with E-state index in [-0.39, 0.29) is 0 Å². The van der Waals surface area contributed by atoms with Crippen molar-refractivity contribution in [2.45, 2.75) is 25.2 Å². The van der Waals surface area contributed by atoms with Crippen molar-refractivity contribution in [2.75, 3.05) is 0 Å². The molecule has 0 spiro atoms. The minimum absolute atomic E-state index is 0.325. The highest BCUT2D eigenvalue weighted by Gasteiger charge is 2.43. The van der Waals surface area contributed by atoms with Crippen molar-refractivity contribution >= 4 is 23.2 Å². The lowest BCUT2D eigenvalue weighted by atomic mass is 10.1. The summed E-state index contributed by atoms with van der Waals surface area (Å²) in [6.45, 7) is 1.79.